The summed E-state index contributed by atoms with van der Waals surface area (Å²) in [6, 6.07) is 5.73. The fourth-order valence-corrected chi connectivity index (χ4v) is 3.09. The Kier molecular flexibility index (Phi) is 4.86. The van der Waals surface area contributed by atoms with Gasteiger partial charge in [-0.05, 0) is 44.4 Å². The molecular formula is C18H23NO4. The summed E-state index contributed by atoms with van der Waals surface area (Å²) in [6.45, 7) is 2.38. The van der Waals surface area contributed by atoms with Crippen LogP contribution < -0.4 is 10.1 Å². The Morgan fingerprint density at radius 2 is 2.17 bits per heavy atom. The van der Waals surface area contributed by atoms with Crippen LogP contribution in [0.4, 0.5) is 0 Å². The molecule has 124 valence electrons. The first-order valence-corrected chi connectivity index (χ1v) is 8.13. The van der Waals surface area contributed by atoms with Gasteiger partial charge in [0.25, 0.3) is 5.91 Å². The number of rotatable bonds is 6. The predicted octanol–water partition coefficient (Wildman–Crippen LogP) is 2.84. The Morgan fingerprint density at radius 1 is 1.35 bits per heavy atom. The highest BCUT2D eigenvalue weighted by atomic mass is 16.5. The Hall–Kier alpha value is -2.01. The molecule has 0 radical (unpaired) electrons. The molecule has 0 bridgehead atoms. The van der Waals surface area contributed by atoms with Crippen LogP contribution in [0.15, 0.2) is 22.6 Å². The topological polar surface area (TPSA) is 60.7 Å². The lowest BCUT2D eigenvalue weighted by atomic mass is 9.96. The molecule has 0 fully saturated rings. The van der Waals surface area contributed by atoms with Crippen LogP contribution in [-0.4, -0.2) is 32.3 Å². The van der Waals surface area contributed by atoms with Crippen molar-refractivity contribution >= 4 is 16.9 Å². The van der Waals surface area contributed by atoms with Gasteiger partial charge >= 0.3 is 0 Å². The van der Waals surface area contributed by atoms with Crippen molar-refractivity contribution in [3.8, 4) is 5.75 Å². The fraction of sp³-hybridized carbons (Fsp3) is 0.500. The number of benzene rings is 1. The highest BCUT2D eigenvalue weighted by molar-refractivity contribution is 5.84. The number of amides is 1. The van der Waals surface area contributed by atoms with Crippen LogP contribution in [0, 0.1) is 0 Å². The van der Waals surface area contributed by atoms with E-state index in [1.54, 1.807) is 7.11 Å². The Morgan fingerprint density at radius 3 is 3.00 bits per heavy atom. The zero-order valence-electron chi connectivity index (χ0n) is 13.7. The number of aryl methyl sites for hydroxylation is 2. The molecule has 5 nitrogen and oxygen atoms in total. The molecule has 1 N–H and O–H groups in total. The van der Waals surface area contributed by atoms with Crippen LogP contribution in [0.2, 0.25) is 0 Å². The first kappa shape index (κ1) is 15.9. The summed E-state index contributed by atoms with van der Waals surface area (Å²) in [6.07, 6.45) is 4.46. The number of hydrogen-bond acceptors (Lipinski definition) is 4. The van der Waals surface area contributed by atoms with E-state index in [1.807, 2.05) is 25.1 Å². The van der Waals surface area contributed by atoms with Crippen LogP contribution >= 0.6 is 0 Å². The standard InChI is InChI=1S/C18H23NO4/c1-12(10-21-2)19-18(20)11-22-13-7-8-17-15(9-13)14-5-3-4-6-16(14)23-17/h7-9,12H,3-6,10-11H2,1-2H3,(H,19,20)/t12-/m1/s1. The van der Waals surface area contributed by atoms with E-state index in [9.17, 15) is 4.79 Å². The van der Waals surface area contributed by atoms with E-state index in [0.717, 1.165) is 29.6 Å². The smallest absolute Gasteiger partial charge is 0.258 e. The van der Waals surface area contributed by atoms with Crippen molar-refractivity contribution < 1.29 is 18.7 Å². The molecule has 1 aromatic carbocycles. The van der Waals surface area contributed by atoms with Crippen LogP contribution in [0.3, 0.4) is 0 Å². The van der Waals surface area contributed by atoms with E-state index in [4.69, 9.17) is 13.9 Å². The quantitative estimate of drug-likeness (QED) is 0.890. The summed E-state index contributed by atoms with van der Waals surface area (Å²) in [4.78, 5) is 11.8. The molecule has 1 amide bonds. The molecular weight excluding hydrogens is 294 g/mol. The molecule has 1 heterocycles. The number of carbonyl (C=O) groups is 1. The van der Waals surface area contributed by atoms with Crippen LogP contribution in [0.5, 0.6) is 5.75 Å². The van der Waals surface area contributed by atoms with Crippen molar-refractivity contribution in [3.05, 3.63) is 29.5 Å². The van der Waals surface area contributed by atoms with E-state index in [2.05, 4.69) is 5.32 Å². The van der Waals surface area contributed by atoms with Crippen LogP contribution in [0.25, 0.3) is 11.0 Å². The Balaban J connectivity index is 1.65. The van der Waals surface area contributed by atoms with E-state index in [1.165, 1.54) is 18.4 Å². The lowest BCUT2D eigenvalue weighted by Gasteiger charge is -2.13. The zero-order chi connectivity index (χ0) is 16.2. The molecule has 1 atom stereocenters. The summed E-state index contributed by atoms with van der Waals surface area (Å²) in [5, 5.41) is 3.94. The number of nitrogens with one attached hydrogen (secondary N) is 1. The lowest BCUT2D eigenvalue weighted by molar-refractivity contribution is -0.124. The molecule has 23 heavy (non-hydrogen) atoms. The van der Waals surface area contributed by atoms with Gasteiger partial charge in [0.2, 0.25) is 0 Å². The summed E-state index contributed by atoms with van der Waals surface area (Å²) < 4.78 is 16.5. The minimum atomic E-state index is -0.149. The number of fused-ring (bicyclic) bond motifs is 3. The van der Waals surface area contributed by atoms with Gasteiger partial charge in [-0.25, -0.2) is 0 Å². The number of ether oxygens (including phenoxy) is 2. The number of methoxy groups -OCH3 is 1. The monoisotopic (exact) mass is 317 g/mol. The first-order valence-electron chi connectivity index (χ1n) is 8.13. The average molecular weight is 317 g/mol. The van der Waals surface area contributed by atoms with Gasteiger partial charge < -0.3 is 19.2 Å². The second kappa shape index (κ2) is 7.04. The molecule has 1 aliphatic rings. The van der Waals surface area contributed by atoms with Crippen LogP contribution in [0.1, 0.15) is 31.1 Å². The Labute approximate surface area is 135 Å². The van der Waals surface area contributed by atoms with Gasteiger partial charge in [-0.3, -0.25) is 4.79 Å². The fourth-order valence-electron chi connectivity index (χ4n) is 3.09. The van der Waals surface area contributed by atoms with Crippen molar-refractivity contribution in [3.63, 3.8) is 0 Å². The third-order valence-electron chi connectivity index (χ3n) is 4.12. The molecule has 5 heteroatoms. The predicted molar refractivity (Wildman–Crippen MR) is 87.8 cm³/mol. The first-order chi connectivity index (χ1) is 11.2. The van der Waals surface area contributed by atoms with Gasteiger partial charge in [0.15, 0.2) is 6.61 Å². The summed E-state index contributed by atoms with van der Waals surface area (Å²) in [5.74, 6) is 1.65. The molecule has 3 rings (SSSR count). The highest BCUT2D eigenvalue weighted by Crippen LogP contribution is 2.33. The van der Waals surface area contributed by atoms with Crippen molar-refractivity contribution in [2.24, 2.45) is 0 Å². The molecule has 1 aromatic heterocycles. The van der Waals surface area contributed by atoms with Gasteiger partial charge in [0, 0.05) is 30.5 Å². The number of carbonyl (C=O) groups excluding carboxylic acids is 1. The van der Waals surface area contributed by atoms with Gasteiger partial charge in [-0.1, -0.05) is 0 Å². The summed E-state index contributed by atoms with van der Waals surface area (Å²) >= 11 is 0. The minimum Gasteiger partial charge on any atom is -0.484 e. The summed E-state index contributed by atoms with van der Waals surface area (Å²) in [7, 11) is 1.61. The SMILES string of the molecule is COC[C@@H](C)NC(=O)COc1ccc2oc3c(c2c1)CCCC3. The molecule has 0 saturated carbocycles. The van der Waals surface area contributed by atoms with E-state index >= 15 is 0 Å². The van der Waals surface area contributed by atoms with Crippen LogP contribution in [-0.2, 0) is 22.4 Å². The Bertz CT molecular complexity index is 692. The van der Waals surface area contributed by atoms with E-state index in [-0.39, 0.29) is 18.6 Å². The third kappa shape index (κ3) is 3.67. The molecule has 0 unspecified atom stereocenters. The third-order valence-corrected chi connectivity index (χ3v) is 4.12. The number of furan rings is 1. The van der Waals surface area contributed by atoms with Gasteiger partial charge in [0.05, 0.1) is 6.61 Å². The molecule has 1 aliphatic carbocycles. The van der Waals surface area contributed by atoms with Crippen molar-refractivity contribution in [2.75, 3.05) is 20.3 Å². The normalized spacial score (nSPS) is 15.2. The largest absolute Gasteiger partial charge is 0.484 e. The van der Waals surface area contributed by atoms with E-state index < -0.39 is 0 Å². The van der Waals surface area contributed by atoms with Crippen molar-refractivity contribution in [2.45, 2.75) is 38.6 Å². The second-order valence-electron chi connectivity index (χ2n) is 6.08. The van der Waals surface area contributed by atoms with Crippen molar-refractivity contribution in [1.29, 1.82) is 0 Å². The second-order valence-corrected chi connectivity index (χ2v) is 6.08. The number of hydrogen-bond donors (Lipinski definition) is 1. The molecule has 0 saturated heterocycles. The maximum Gasteiger partial charge on any atom is 0.258 e. The summed E-state index contributed by atoms with van der Waals surface area (Å²) in [5.41, 5.74) is 2.21. The van der Waals surface area contributed by atoms with Gasteiger partial charge in [-0.2, -0.15) is 0 Å². The van der Waals surface area contributed by atoms with Gasteiger partial charge in [-0.15, -0.1) is 0 Å². The van der Waals surface area contributed by atoms with Crippen molar-refractivity contribution in [1.82, 2.24) is 5.32 Å². The molecule has 0 aliphatic heterocycles. The maximum absolute atomic E-state index is 11.8. The zero-order valence-corrected chi connectivity index (χ0v) is 13.7. The molecule has 0 spiro atoms. The minimum absolute atomic E-state index is 0.000394. The molecule has 2 aromatic rings. The lowest BCUT2D eigenvalue weighted by Crippen LogP contribution is -2.38. The maximum atomic E-state index is 11.8. The van der Waals surface area contributed by atoms with E-state index in [0.29, 0.717) is 12.4 Å². The average Bonchev–Trinajstić information content (AvgIpc) is 2.91. The highest BCUT2D eigenvalue weighted by Gasteiger charge is 2.18. The van der Waals surface area contributed by atoms with Gasteiger partial charge in [0.1, 0.15) is 17.1 Å².